The predicted octanol–water partition coefficient (Wildman–Crippen LogP) is 5.47. The van der Waals surface area contributed by atoms with E-state index >= 15 is 0 Å². The van der Waals surface area contributed by atoms with Gasteiger partial charge in [-0.15, -0.1) is 0 Å². The van der Waals surface area contributed by atoms with Crippen LogP contribution in [0.5, 0.6) is 0 Å². The van der Waals surface area contributed by atoms with Crippen LogP contribution in [0.3, 0.4) is 0 Å². The molecule has 0 saturated carbocycles. The summed E-state index contributed by atoms with van der Waals surface area (Å²) in [6.07, 6.45) is 5.10. The minimum atomic E-state index is -1.14. The van der Waals surface area contributed by atoms with Crippen LogP contribution in [0.1, 0.15) is 35.2 Å². The predicted molar refractivity (Wildman–Crippen MR) is 165 cm³/mol. The van der Waals surface area contributed by atoms with Gasteiger partial charge in [-0.05, 0) is 48.5 Å². The van der Waals surface area contributed by atoms with E-state index in [0.29, 0.717) is 32.5 Å². The van der Waals surface area contributed by atoms with Gasteiger partial charge in [0.2, 0.25) is 0 Å². The van der Waals surface area contributed by atoms with Crippen LogP contribution >= 0.6 is 0 Å². The molecule has 1 N–H and O–H groups in total. The van der Waals surface area contributed by atoms with E-state index in [1.54, 1.807) is 6.33 Å². The molecular weight excluding hydrogens is 526 g/mol. The number of carboxylic acids is 1. The van der Waals surface area contributed by atoms with Gasteiger partial charge in [0.15, 0.2) is 0 Å². The van der Waals surface area contributed by atoms with Crippen LogP contribution in [0.25, 0.3) is 0 Å². The van der Waals surface area contributed by atoms with Crippen molar-refractivity contribution in [3.63, 3.8) is 0 Å². The third kappa shape index (κ3) is 8.49. The van der Waals surface area contributed by atoms with Crippen LogP contribution in [-0.4, -0.2) is 36.7 Å². The van der Waals surface area contributed by atoms with Gasteiger partial charge in [-0.2, -0.15) is 0 Å². The maximum atomic E-state index is 12.1. The third-order valence-electron chi connectivity index (χ3n) is 7.45. The zero-order valence-electron chi connectivity index (χ0n) is 24.5. The molecule has 4 aromatic rings. The highest BCUT2D eigenvalue weighted by Crippen LogP contribution is 2.36. The van der Waals surface area contributed by atoms with Crippen LogP contribution in [0, 0.1) is 5.92 Å². The lowest BCUT2D eigenvalue weighted by atomic mass is 9.77. The van der Waals surface area contributed by atoms with E-state index in [2.05, 4.69) is 103 Å². The highest BCUT2D eigenvalue weighted by atomic mass is 28.3. The number of ether oxygens (including phenoxy) is 1. The van der Waals surface area contributed by atoms with Crippen molar-refractivity contribution in [3.8, 4) is 0 Å². The van der Waals surface area contributed by atoms with Gasteiger partial charge in [-0.1, -0.05) is 111 Å². The Morgan fingerprint density at radius 1 is 0.927 bits per heavy atom. The minimum Gasteiger partial charge on any atom is -0.550 e. The molecule has 0 fully saturated rings. The van der Waals surface area contributed by atoms with Crippen molar-refractivity contribution in [2.45, 2.75) is 57.2 Å². The first-order valence-corrected chi connectivity index (χ1v) is 18.2. The lowest BCUT2D eigenvalue weighted by Gasteiger charge is -2.37. The van der Waals surface area contributed by atoms with Crippen molar-refractivity contribution < 1.29 is 14.6 Å². The van der Waals surface area contributed by atoms with Crippen molar-refractivity contribution in [2.75, 3.05) is 13.2 Å². The van der Waals surface area contributed by atoms with Gasteiger partial charge in [0.25, 0.3) is 0 Å². The van der Waals surface area contributed by atoms with E-state index in [9.17, 15) is 9.90 Å². The molecule has 216 valence electrons. The molecule has 0 radical (unpaired) electrons. The standard InChI is InChI=1S/C34H43N3O3Si/c1-41(2,3)23-22-40-27-37-25-32(35-26-37)24-28(33(38)39)14-13-21-36-34(29-15-7-4-8-16-29,30-17-9-5-10-18-30)31-19-11-6-12-20-31/h4-12,15-20,25-26,28,36H,13-14,21-24,27H2,1-3H3,(H,38,39)/p-1. The lowest BCUT2D eigenvalue weighted by Crippen LogP contribution is -2.45. The maximum Gasteiger partial charge on any atom is 0.123 e. The maximum absolute atomic E-state index is 12.1. The molecule has 1 unspecified atom stereocenters. The topological polar surface area (TPSA) is 79.2 Å². The first-order valence-electron chi connectivity index (χ1n) is 14.5. The summed E-state index contributed by atoms with van der Waals surface area (Å²) >= 11 is 0. The molecule has 0 aliphatic heterocycles. The molecule has 3 aromatic carbocycles. The highest BCUT2D eigenvalue weighted by molar-refractivity contribution is 6.76. The molecule has 1 aromatic heterocycles. The molecule has 0 aliphatic carbocycles. The largest absolute Gasteiger partial charge is 0.550 e. The fourth-order valence-corrected chi connectivity index (χ4v) is 5.94. The smallest absolute Gasteiger partial charge is 0.123 e. The van der Waals surface area contributed by atoms with Gasteiger partial charge < -0.3 is 19.2 Å². The van der Waals surface area contributed by atoms with Crippen molar-refractivity contribution in [3.05, 3.63) is 126 Å². The number of aromatic nitrogens is 2. The number of benzene rings is 3. The fourth-order valence-electron chi connectivity index (χ4n) is 5.18. The molecule has 0 bridgehead atoms. The number of carbonyl (C=O) groups excluding carboxylic acids is 1. The van der Waals surface area contributed by atoms with Gasteiger partial charge in [0, 0.05) is 32.8 Å². The summed E-state index contributed by atoms with van der Waals surface area (Å²) in [5.41, 5.74) is 3.56. The van der Waals surface area contributed by atoms with Crippen LogP contribution in [0.4, 0.5) is 0 Å². The fraction of sp³-hybridized carbons (Fsp3) is 0.353. The monoisotopic (exact) mass is 568 g/mol. The first kappa shape index (κ1) is 30.4. The summed E-state index contributed by atoms with van der Waals surface area (Å²) in [4.78, 5) is 16.5. The first-order chi connectivity index (χ1) is 19.8. The minimum absolute atomic E-state index is 0.339. The SMILES string of the molecule is C[Si](C)(C)CCOCn1cnc(CC(CCCNC(c2ccccc2)(c2ccccc2)c2ccccc2)C(=O)[O-])c1. The van der Waals surface area contributed by atoms with Crippen molar-refractivity contribution in [1.82, 2.24) is 14.9 Å². The molecule has 0 spiro atoms. The van der Waals surface area contributed by atoms with Gasteiger partial charge in [-0.25, -0.2) is 4.98 Å². The molecule has 6 nitrogen and oxygen atoms in total. The van der Waals surface area contributed by atoms with Crippen LogP contribution in [0.2, 0.25) is 25.7 Å². The number of carbonyl (C=O) groups is 1. The van der Waals surface area contributed by atoms with E-state index < -0.39 is 25.5 Å². The van der Waals surface area contributed by atoms with E-state index in [4.69, 9.17) is 4.74 Å². The Hall–Kier alpha value is -3.52. The van der Waals surface area contributed by atoms with Gasteiger partial charge in [0.1, 0.15) is 6.73 Å². The molecule has 7 heteroatoms. The van der Waals surface area contributed by atoms with Crippen LogP contribution < -0.4 is 10.4 Å². The Bertz CT molecular complexity index is 1240. The lowest BCUT2D eigenvalue weighted by molar-refractivity contribution is -0.311. The third-order valence-corrected chi connectivity index (χ3v) is 9.16. The number of hydrogen-bond donors (Lipinski definition) is 1. The Labute approximate surface area is 245 Å². The summed E-state index contributed by atoms with van der Waals surface area (Å²) in [6, 6.07) is 32.4. The molecule has 1 heterocycles. The van der Waals surface area contributed by atoms with E-state index in [-0.39, 0.29) is 0 Å². The average molecular weight is 569 g/mol. The van der Waals surface area contributed by atoms with E-state index in [1.807, 2.05) is 29.0 Å². The molecule has 0 saturated heterocycles. The van der Waals surface area contributed by atoms with Gasteiger partial charge in [-0.3, -0.25) is 5.32 Å². The molecule has 0 amide bonds. The van der Waals surface area contributed by atoms with Gasteiger partial charge in [0.05, 0.1) is 17.6 Å². The second kappa shape index (κ2) is 14.4. The van der Waals surface area contributed by atoms with Crippen molar-refractivity contribution >= 4 is 14.0 Å². The van der Waals surface area contributed by atoms with Crippen molar-refractivity contribution in [2.24, 2.45) is 5.92 Å². The molecular formula is C34H42N3O3Si-. The average Bonchev–Trinajstić information content (AvgIpc) is 3.43. The van der Waals surface area contributed by atoms with Crippen LogP contribution in [0.15, 0.2) is 104 Å². The molecule has 0 aliphatic rings. The molecule has 1 atom stereocenters. The summed E-state index contributed by atoms with van der Waals surface area (Å²) in [7, 11) is -1.14. The number of aliphatic carboxylic acids is 1. The summed E-state index contributed by atoms with van der Waals surface area (Å²) in [6.45, 7) is 8.76. The highest BCUT2D eigenvalue weighted by Gasteiger charge is 2.35. The van der Waals surface area contributed by atoms with E-state index in [1.165, 1.54) is 0 Å². The zero-order chi connectivity index (χ0) is 29.1. The Morgan fingerprint density at radius 2 is 1.46 bits per heavy atom. The Kier molecular flexibility index (Phi) is 10.7. The number of hydrogen-bond acceptors (Lipinski definition) is 5. The second-order valence-corrected chi connectivity index (χ2v) is 17.5. The van der Waals surface area contributed by atoms with Crippen LogP contribution in [-0.2, 0) is 28.2 Å². The number of imidazole rings is 1. The summed E-state index contributed by atoms with van der Waals surface area (Å²) < 4.78 is 7.68. The number of nitrogens with zero attached hydrogens (tertiary/aromatic N) is 2. The quantitative estimate of drug-likeness (QED) is 0.110. The van der Waals surface area contributed by atoms with Crippen molar-refractivity contribution in [1.29, 1.82) is 0 Å². The normalized spacial score (nSPS) is 12.8. The number of nitrogens with one attached hydrogen (secondary N) is 1. The second-order valence-electron chi connectivity index (χ2n) is 11.9. The summed E-state index contributed by atoms with van der Waals surface area (Å²) in [5.74, 6) is -1.65. The molecule has 41 heavy (non-hydrogen) atoms. The van der Waals surface area contributed by atoms with Gasteiger partial charge >= 0.3 is 0 Å². The van der Waals surface area contributed by atoms with E-state index in [0.717, 1.165) is 35.0 Å². The Balaban J connectivity index is 1.43. The Morgan fingerprint density at radius 3 is 1.95 bits per heavy atom. The summed E-state index contributed by atoms with van der Waals surface area (Å²) in [5, 5.41) is 15.9. The number of carboxylic acid groups (broad SMARTS) is 1. The molecule has 4 rings (SSSR count). The zero-order valence-corrected chi connectivity index (χ0v) is 25.5. The number of rotatable bonds is 16.